The number of alkyl halides is 1. The van der Waals surface area contributed by atoms with Gasteiger partial charge in [0.05, 0.1) is 27.9 Å². The molecule has 1 saturated heterocycles. The predicted molar refractivity (Wildman–Crippen MR) is 82.0 cm³/mol. The first-order valence-electron chi connectivity index (χ1n) is 6.12. The maximum atomic E-state index is 11.6. The van der Waals surface area contributed by atoms with Crippen molar-refractivity contribution in [1.82, 2.24) is 9.97 Å². The van der Waals surface area contributed by atoms with E-state index in [-0.39, 0.29) is 23.1 Å². The molecule has 2 heterocycles. The molecule has 3 rings (SSSR count). The Morgan fingerprint density at radius 2 is 1.95 bits per heavy atom. The summed E-state index contributed by atoms with van der Waals surface area (Å²) in [5.74, 6) is 0.220. The van der Waals surface area contributed by atoms with E-state index in [0.717, 1.165) is 10.0 Å². The van der Waals surface area contributed by atoms with Gasteiger partial charge in [-0.05, 0) is 30.0 Å². The van der Waals surface area contributed by atoms with E-state index >= 15 is 0 Å². The first-order chi connectivity index (χ1) is 9.35. The summed E-state index contributed by atoms with van der Waals surface area (Å²) >= 11 is 9.89. The molecule has 2 unspecified atom stereocenters. The van der Waals surface area contributed by atoms with Crippen LogP contribution in [0.2, 0.25) is 0 Å². The summed E-state index contributed by atoms with van der Waals surface area (Å²) in [6, 6.07) is 3.57. The second kappa shape index (κ2) is 4.89. The second-order valence-electron chi connectivity index (χ2n) is 5.06. The third-order valence-electron chi connectivity index (χ3n) is 3.61. The summed E-state index contributed by atoms with van der Waals surface area (Å²) in [5.41, 5.74) is 1.88. The van der Waals surface area contributed by atoms with Crippen LogP contribution in [0.15, 0.2) is 21.4 Å². The van der Waals surface area contributed by atoms with E-state index in [2.05, 4.69) is 25.9 Å². The maximum absolute atomic E-state index is 11.6. The lowest BCUT2D eigenvalue weighted by Crippen LogP contribution is -2.11. The van der Waals surface area contributed by atoms with Gasteiger partial charge in [0.2, 0.25) is 0 Å². The molecule has 1 aliphatic rings. The molecule has 1 fully saturated rings. The van der Waals surface area contributed by atoms with Gasteiger partial charge in [0.15, 0.2) is 9.84 Å². The Labute approximate surface area is 128 Å². The molecule has 108 valence electrons. The number of hydrogen-bond acceptors (Lipinski definition) is 3. The molecule has 1 aliphatic heterocycles. The van der Waals surface area contributed by atoms with Crippen LogP contribution >= 0.6 is 27.5 Å². The quantitative estimate of drug-likeness (QED) is 0.786. The lowest BCUT2D eigenvalue weighted by atomic mass is 9.98. The zero-order valence-corrected chi connectivity index (χ0v) is 13.5. The fraction of sp³-hybridized carbons (Fsp3) is 0.417. The van der Waals surface area contributed by atoms with E-state index in [4.69, 9.17) is 11.6 Å². The molecule has 8 heteroatoms. The average Bonchev–Trinajstić information content (AvgIpc) is 2.88. The highest BCUT2D eigenvalue weighted by atomic mass is 79.9. The Morgan fingerprint density at radius 1 is 1.30 bits per heavy atom. The van der Waals surface area contributed by atoms with Crippen molar-refractivity contribution in [2.24, 2.45) is 5.92 Å². The highest BCUT2D eigenvalue weighted by Gasteiger charge is 2.34. The summed E-state index contributed by atoms with van der Waals surface area (Å²) in [6.45, 7) is 0. The van der Waals surface area contributed by atoms with Crippen molar-refractivity contribution in [2.75, 3.05) is 11.5 Å². The number of aromatic nitrogens is 2. The molecule has 0 spiro atoms. The molecule has 0 bridgehead atoms. The molecule has 2 atom stereocenters. The zero-order valence-electron chi connectivity index (χ0n) is 10.3. The normalized spacial score (nSPS) is 23.2. The summed E-state index contributed by atoms with van der Waals surface area (Å²) in [6.07, 6.45) is 0.574. The van der Waals surface area contributed by atoms with Crippen LogP contribution < -0.4 is 5.69 Å². The van der Waals surface area contributed by atoms with Crippen molar-refractivity contribution in [2.45, 2.75) is 11.8 Å². The summed E-state index contributed by atoms with van der Waals surface area (Å²) in [4.78, 5) is 16.6. The minimum atomic E-state index is -2.96. The molecule has 0 amide bonds. The molecule has 0 radical (unpaired) electrons. The smallest absolute Gasteiger partial charge is 0.306 e. The molecule has 0 saturated carbocycles. The number of benzene rings is 1. The molecule has 5 nitrogen and oxygen atoms in total. The molecule has 2 aromatic rings. The monoisotopic (exact) mass is 378 g/mol. The third kappa shape index (κ3) is 2.54. The molecular formula is C12H12BrClN2O3S. The topological polar surface area (TPSA) is 82.8 Å². The van der Waals surface area contributed by atoms with Crippen LogP contribution in [0.1, 0.15) is 17.4 Å². The molecular weight excluding hydrogens is 368 g/mol. The highest BCUT2D eigenvalue weighted by Crippen LogP contribution is 2.40. The Hall–Kier alpha value is -0.790. The van der Waals surface area contributed by atoms with Crippen molar-refractivity contribution < 1.29 is 8.42 Å². The van der Waals surface area contributed by atoms with Crippen molar-refractivity contribution in [3.05, 3.63) is 32.7 Å². The van der Waals surface area contributed by atoms with E-state index in [1.165, 1.54) is 0 Å². The number of imidazole rings is 1. The first-order valence-corrected chi connectivity index (χ1v) is 9.17. The Morgan fingerprint density at radius 3 is 2.55 bits per heavy atom. The van der Waals surface area contributed by atoms with Crippen molar-refractivity contribution >= 4 is 48.4 Å². The van der Waals surface area contributed by atoms with Gasteiger partial charge >= 0.3 is 5.69 Å². The minimum absolute atomic E-state index is 0.0962. The lowest BCUT2D eigenvalue weighted by Gasteiger charge is -2.17. The van der Waals surface area contributed by atoms with Crippen LogP contribution in [-0.4, -0.2) is 29.9 Å². The van der Waals surface area contributed by atoms with Crippen LogP contribution in [0, 0.1) is 5.92 Å². The van der Waals surface area contributed by atoms with Crippen molar-refractivity contribution in [1.29, 1.82) is 0 Å². The number of H-pyrrole nitrogens is 2. The summed E-state index contributed by atoms with van der Waals surface area (Å²) in [5, 5.41) is -0.399. The largest absolute Gasteiger partial charge is 0.323 e. The third-order valence-corrected chi connectivity index (χ3v) is 6.68. The molecule has 0 aliphatic carbocycles. The van der Waals surface area contributed by atoms with Crippen LogP contribution in [0.4, 0.5) is 0 Å². The summed E-state index contributed by atoms with van der Waals surface area (Å²) < 4.78 is 23.9. The van der Waals surface area contributed by atoms with Gasteiger partial charge in [0, 0.05) is 4.47 Å². The SMILES string of the molecule is O=c1[nH]c2cc(Br)c(C(Cl)C3CCS(=O)(=O)C3)cc2[nH]1. The number of halogens is 2. The molecule has 2 N–H and O–H groups in total. The Bertz CT molecular complexity index is 827. The van der Waals surface area contributed by atoms with Crippen LogP contribution in [0.5, 0.6) is 0 Å². The van der Waals surface area contributed by atoms with Gasteiger partial charge in [-0.1, -0.05) is 15.9 Å². The highest BCUT2D eigenvalue weighted by molar-refractivity contribution is 9.10. The number of sulfone groups is 1. The lowest BCUT2D eigenvalue weighted by molar-refractivity contribution is 0.568. The fourth-order valence-corrected chi connectivity index (χ4v) is 5.66. The molecule has 1 aromatic carbocycles. The summed E-state index contributed by atoms with van der Waals surface area (Å²) in [7, 11) is -2.96. The van der Waals surface area contributed by atoms with Gasteiger partial charge in [-0.25, -0.2) is 13.2 Å². The van der Waals surface area contributed by atoms with Gasteiger partial charge in [0.1, 0.15) is 0 Å². The van der Waals surface area contributed by atoms with Gasteiger partial charge in [-0.15, -0.1) is 11.6 Å². The minimum Gasteiger partial charge on any atom is -0.306 e. The van der Waals surface area contributed by atoms with Crippen molar-refractivity contribution in [3.8, 4) is 0 Å². The standard InChI is InChI=1S/C12H12BrClN2O3S/c13-8-4-10-9(15-12(17)16-10)3-7(8)11(14)6-1-2-20(18,19)5-6/h3-4,6,11H,1-2,5H2,(H2,15,16,17). The molecule has 20 heavy (non-hydrogen) atoms. The van der Waals surface area contributed by atoms with Crippen LogP contribution in [0.25, 0.3) is 11.0 Å². The first kappa shape index (κ1) is 14.2. The van der Waals surface area contributed by atoms with E-state index in [0.29, 0.717) is 17.5 Å². The number of hydrogen-bond donors (Lipinski definition) is 2. The fourth-order valence-electron chi connectivity index (χ4n) is 2.59. The number of fused-ring (bicyclic) bond motifs is 1. The Kier molecular flexibility index (Phi) is 3.46. The second-order valence-corrected chi connectivity index (χ2v) is 8.62. The van der Waals surface area contributed by atoms with E-state index in [1.54, 1.807) is 12.1 Å². The van der Waals surface area contributed by atoms with Gasteiger partial charge in [-0.3, -0.25) is 0 Å². The Balaban J connectivity index is 2.01. The van der Waals surface area contributed by atoms with E-state index in [1.807, 2.05) is 0 Å². The van der Waals surface area contributed by atoms with E-state index < -0.39 is 15.2 Å². The number of nitrogens with one attached hydrogen (secondary N) is 2. The van der Waals surface area contributed by atoms with Gasteiger partial charge in [0.25, 0.3) is 0 Å². The molecule has 1 aromatic heterocycles. The van der Waals surface area contributed by atoms with Crippen LogP contribution in [-0.2, 0) is 9.84 Å². The van der Waals surface area contributed by atoms with Gasteiger partial charge in [-0.2, -0.15) is 0 Å². The maximum Gasteiger partial charge on any atom is 0.323 e. The van der Waals surface area contributed by atoms with Gasteiger partial charge < -0.3 is 9.97 Å². The zero-order chi connectivity index (χ0) is 14.5. The van der Waals surface area contributed by atoms with Crippen LogP contribution in [0.3, 0.4) is 0 Å². The van der Waals surface area contributed by atoms with Crippen molar-refractivity contribution in [3.63, 3.8) is 0 Å². The number of rotatable bonds is 2. The average molecular weight is 380 g/mol. The predicted octanol–water partition coefficient (Wildman–Crippen LogP) is 2.33. The number of aromatic amines is 2. The van der Waals surface area contributed by atoms with E-state index in [9.17, 15) is 13.2 Å².